The third kappa shape index (κ3) is 7.27. The second kappa shape index (κ2) is 8.41. The van der Waals surface area contributed by atoms with Crippen LogP contribution in [0.3, 0.4) is 0 Å². The average molecular weight is 255 g/mol. The topological polar surface area (TPSA) is 9.23 Å². The molecular formula is C15H23ClO. The molecule has 96 valence electrons. The van der Waals surface area contributed by atoms with Crippen molar-refractivity contribution in [2.24, 2.45) is 5.92 Å². The van der Waals surface area contributed by atoms with E-state index in [1.165, 1.54) is 25.7 Å². The number of unbranched alkanes of at least 4 members (excludes halogenated alkanes) is 3. The van der Waals surface area contributed by atoms with Gasteiger partial charge in [0.15, 0.2) is 0 Å². The highest BCUT2D eigenvalue weighted by Crippen LogP contribution is 2.16. The summed E-state index contributed by atoms with van der Waals surface area (Å²) in [6.45, 7) is 5.37. The molecule has 1 rings (SSSR count). The summed E-state index contributed by atoms with van der Waals surface area (Å²) in [5, 5.41) is 0.756. The average Bonchev–Trinajstić information content (AvgIpc) is 2.30. The van der Waals surface area contributed by atoms with Crippen LogP contribution < -0.4 is 4.74 Å². The lowest BCUT2D eigenvalue weighted by Crippen LogP contribution is -1.97. The van der Waals surface area contributed by atoms with Crippen LogP contribution in [-0.2, 0) is 0 Å². The van der Waals surface area contributed by atoms with Gasteiger partial charge in [0.1, 0.15) is 5.75 Å². The fourth-order valence-corrected chi connectivity index (χ4v) is 1.86. The second-order valence-corrected chi connectivity index (χ2v) is 5.34. The molecule has 0 amide bonds. The smallest absolute Gasteiger partial charge is 0.119 e. The summed E-state index contributed by atoms with van der Waals surface area (Å²) in [5.41, 5.74) is 0. The van der Waals surface area contributed by atoms with Crippen molar-refractivity contribution in [3.63, 3.8) is 0 Å². The Morgan fingerprint density at radius 2 is 1.65 bits per heavy atom. The zero-order chi connectivity index (χ0) is 12.5. The van der Waals surface area contributed by atoms with Crippen molar-refractivity contribution in [1.82, 2.24) is 0 Å². The van der Waals surface area contributed by atoms with E-state index >= 15 is 0 Å². The molecule has 0 N–H and O–H groups in total. The molecule has 1 aromatic carbocycles. The normalized spacial score (nSPS) is 10.8. The first-order valence-electron chi connectivity index (χ1n) is 6.57. The fraction of sp³-hybridized carbons (Fsp3) is 0.600. The minimum atomic E-state index is 0.756. The molecule has 0 bridgehead atoms. The van der Waals surface area contributed by atoms with E-state index in [1.54, 1.807) is 0 Å². The van der Waals surface area contributed by atoms with Crippen LogP contribution >= 0.6 is 11.6 Å². The highest BCUT2D eigenvalue weighted by atomic mass is 35.5. The molecule has 0 saturated carbocycles. The predicted molar refractivity (Wildman–Crippen MR) is 74.9 cm³/mol. The molecule has 0 fully saturated rings. The third-order valence-electron chi connectivity index (χ3n) is 2.76. The van der Waals surface area contributed by atoms with E-state index in [4.69, 9.17) is 16.3 Å². The zero-order valence-corrected chi connectivity index (χ0v) is 11.7. The van der Waals surface area contributed by atoms with Gasteiger partial charge in [-0.3, -0.25) is 0 Å². The number of hydrogen-bond acceptors (Lipinski definition) is 1. The van der Waals surface area contributed by atoms with Crippen molar-refractivity contribution in [1.29, 1.82) is 0 Å². The minimum absolute atomic E-state index is 0.756. The molecule has 1 aromatic rings. The summed E-state index contributed by atoms with van der Waals surface area (Å²) in [7, 11) is 0. The fourth-order valence-electron chi connectivity index (χ4n) is 1.73. The van der Waals surface area contributed by atoms with Crippen LogP contribution in [0.25, 0.3) is 0 Å². The lowest BCUT2D eigenvalue weighted by atomic mass is 10.0. The van der Waals surface area contributed by atoms with Gasteiger partial charge in [0.25, 0.3) is 0 Å². The van der Waals surface area contributed by atoms with Crippen LogP contribution in [0.2, 0.25) is 5.02 Å². The Bertz CT molecular complexity index is 292. The largest absolute Gasteiger partial charge is 0.494 e. The molecule has 0 atom stereocenters. The monoisotopic (exact) mass is 254 g/mol. The van der Waals surface area contributed by atoms with Crippen molar-refractivity contribution in [2.75, 3.05) is 6.61 Å². The van der Waals surface area contributed by atoms with E-state index < -0.39 is 0 Å². The van der Waals surface area contributed by atoms with E-state index in [9.17, 15) is 0 Å². The molecule has 17 heavy (non-hydrogen) atoms. The quantitative estimate of drug-likeness (QED) is 0.570. The van der Waals surface area contributed by atoms with Crippen LogP contribution in [0, 0.1) is 5.92 Å². The van der Waals surface area contributed by atoms with Crippen LogP contribution in [0.5, 0.6) is 5.75 Å². The Labute approximate surface area is 110 Å². The Balaban J connectivity index is 1.99. The van der Waals surface area contributed by atoms with Gasteiger partial charge in [-0.1, -0.05) is 51.1 Å². The molecule has 0 unspecified atom stereocenters. The molecular weight excluding hydrogens is 232 g/mol. The van der Waals surface area contributed by atoms with E-state index in [0.717, 1.165) is 29.7 Å². The molecule has 0 aliphatic carbocycles. The first-order chi connectivity index (χ1) is 8.18. The molecule has 0 saturated heterocycles. The highest BCUT2D eigenvalue weighted by Gasteiger charge is 1.96. The highest BCUT2D eigenvalue weighted by molar-refractivity contribution is 6.30. The Morgan fingerprint density at radius 3 is 2.29 bits per heavy atom. The minimum Gasteiger partial charge on any atom is -0.494 e. The summed E-state index contributed by atoms with van der Waals surface area (Å²) in [5.74, 6) is 1.75. The van der Waals surface area contributed by atoms with Gasteiger partial charge in [0, 0.05) is 5.02 Å². The Hall–Kier alpha value is -0.690. The van der Waals surface area contributed by atoms with Crippen molar-refractivity contribution >= 4 is 11.6 Å². The molecule has 0 radical (unpaired) electrons. The molecule has 0 heterocycles. The number of rotatable bonds is 8. The van der Waals surface area contributed by atoms with Gasteiger partial charge in [-0.2, -0.15) is 0 Å². The van der Waals surface area contributed by atoms with Gasteiger partial charge in [-0.25, -0.2) is 0 Å². The standard InChI is InChI=1S/C15H23ClO/c1-13(2)7-5-3-4-6-12-17-15-10-8-14(16)9-11-15/h8-11,13H,3-7,12H2,1-2H3. The Kier molecular flexibility index (Phi) is 7.11. The van der Waals surface area contributed by atoms with Crippen molar-refractivity contribution < 1.29 is 4.74 Å². The van der Waals surface area contributed by atoms with Crippen molar-refractivity contribution in [2.45, 2.75) is 46.0 Å². The van der Waals surface area contributed by atoms with E-state index in [2.05, 4.69) is 13.8 Å². The number of halogens is 1. The van der Waals surface area contributed by atoms with Crippen LogP contribution in [0.4, 0.5) is 0 Å². The first kappa shape index (κ1) is 14.4. The van der Waals surface area contributed by atoms with E-state index in [-0.39, 0.29) is 0 Å². The van der Waals surface area contributed by atoms with Gasteiger partial charge in [-0.05, 0) is 36.6 Å². The van der Waals surface area contributed by atoms with Gasteiger partial charge < -0.3 is 4.74 Å². The lowest BCUT2D eigenvalue weighted by molar-refractivity contribution is 0.304. The van der Waals surface area contributed by atoms with Crippen molar-refractivity contribution in [3.05, 3.63) is 29.3 Å². The van der Waals surface area contributed by atoms with Crippen LogP contribution in [0.15, 0.2) is 24.3 Å². The van der Waals surface area contributed by atoms with Crippen LogP contribution in [0.1, 0.15) is 46.0 Å². The van der Waals surface area contributed by atoms with E-state index in [0.29, 0.717) is 0 Å². The summed E-state index contributed by atoms with van der Waals surface area (Å²) >= 11 is 5.80. The van der Waals surface area contributed by atoms with Gasteiger partial charge >= 0.3 is 0 Å². The SMILES string of the molecule is CC(C)CCCCCCOc1ccc(Cl)cc1. The summed E-state index contributed by atoms with van der Waals surface area (Å²) in [4.78, 5) is 0. The summed E-state index contributed by atoms with van der Waals surface area (Å²) in [6.07, 6.45) is 6.42. The lowest BCUT2D eigenvalue weighted by Gasteiger charge is -2.06. The maximum Gasteiger partial charge on any atom is 0.119 e. The molecule has 1 nitrogen and oxygen atoms in total. The number of hydrogen-bond donors (Lipinski definition) is 0. The van der Waals surface area contributed by atoms with E-state index in [1.807, 2.05) is 24.3 Å². The summed E-state index contributed by atoms with van der Waals surface area (Å²) < 4.78 is 5.63. The zero-order valence-electron chi connectivity index (χ0n) is 10.9. The van der Waals surface area contributed by atoms with Gasteiger partial charge in [-0.15, -0.1) is 0 Å². The van der Waals surface area contributed by atoms with Crippen molar-refractivity contribution in [3.8, 4) is 5.75 Å². The summed E-state index contributed by atoms with van der Waals surface area (Å²) in [6, 6.07) is 7.56. The molecule has 2 heteroatoms. The predicted octanol–water partition coefficient (Wildman–Crippen LogP) is 5.33. The first-order valence-corrected chi connectivity index (χ1v) is 6.94. The van der Waals surface area contributed by atoms with Gasteiger partial charge in [0.2, 0.25) is 0 Å². The van der Waals surface area contributed by atoms with Crippen LogP contribution in [-0.4, -0.2) is 6.61 Å². The Morgan fingerprint density at radius 1 is 1.00 bits per heavy atom. The number of ether oxygens (including phenoxy) is 1. The molecule has 0 aliphatic rings. The second-order valence-electron chi connectivity index (χ2n) is 4.90. The molecule has 0 aliphatic heterocycles. The maximum atomic E-state index is 5.80. The maximum absolute atomic E-state index is 5.80. The molecule has 0 spiro atoms. The van der Waals surface area contributed by atoms with Gasteiger partial charge in [0.05, 0.1) is 6.61 Å². The molecule has 0 aromatic heterocycles. The third-order valence-corrected chi connectivity index (χ3v) is 3.01. The number of benzene rings is 1.